The summed E-state index contributed by atoms with van der Waals surface area (Å²) in [4.78, 5) is 32.1. The lowest BCUT2D eigenvalue weighted by Crippen LogP contribution is -2.50. The van der Waals surface area contributed by atoms with Crippen LogP contribution in [0.15, 0.2) is 41.6 Å². The molecule has 2 amide bonds. The molecule has 34 heavy (non-hydrogen) atoms. The van der Waals surface area contributed by atoms with Crippen LogP contribution in [-0.2, 0) is 14.6 Å². The standard InChI is InChI=1S/C24H21ClFN3O4S/c1-34(32,33)17-8-16(11-27-12-17)24(31)29-20-7-5-14(20)10-21(29)23(30)28-22(13-2-3-13)15-4-6-18(25)19(26)9-15/h4,6,8-9,11-14,20-22H,2-3,10H2,1H3,(H,28,30)/t14-,20-,21-,22-/m1/s1. The molecule has 1 saturated heterocycles. The molecule has 176 valence electrons. The number of nitrogens with one attached hydrogen (secondary N) is 1. The zero-order chi connectivity index (χ0) is 24.2. The minimum Gasteiger partial charge on any atom is -0.347 e. The van der Waals surface area contributed by atoms with Gasteiger partial charge in [0.15, 0.2) is 9.84 Å². The number of likely N-dealkylation sites (tertiary alicyclic amines) is 1. The van der Waals surface area contributed by atoms with E-state index in [2.05, 4.69) is 22.1 Å². The summed E-state index contributed by atoms with van der Waals surface area (Å²) in [6.07, 6.45) is 5.68. The Kier molecular flexibility index (Phi) is 5.61. The van der Waals surface area contributed by atoms with Gasteiger partial charge in [-0.25, -0.2) is 12.8 Å². The van der Waals surface area contributed by atoms with E-state index in [1.54, 1.807) is 6.07 Å². The summed E-state index contributed by atoms with van der Waals surface area (Å²) < 4.78 is 37.9. The third-order valence-corrected chi connectivity index (χ3v) is 7.92. The number of benzene rings is 1. The van der Waals surface area contributed by atoms with Crippen LogP contribution in [0.4, 0.5) is 4.39 Å². The van der Waals surface area contributed by atoms with Gasteiger partial charge in [0.05, 0.1) is 27.4 Å². The number of pyridine rings is 1. The molecule has 2 aliphatic carbocycles. The van der Waals surface area contributed by atoms with Crippen LogP contribution in [0, 0.1) is 29.5 Å². The maximum absolute atomic E-state index is 14.1. The van der Waals surface area contributed by atoms with E-state index >= 15 is 0 Å². The van der Waals surface area contributed by atoms with Gasteiger partial charge in [0.2, 0.25) is 5.91 Å². The van der Waals surface area contributed by atoms with Crippen LogP contribution in [-0.4, -0.2) is 48.5 Å². The number of aromatic nitrogens is 1. The average molecular weight is 502 g/mol. The Morgan fingerprint density at radius 1 is 1.24 bits per heavy atom. The molecule has 3 aliphatic rings. The first-order valence-electron chi connectivity index (χ1n) is 10.9. The highest BCUT2D eigenvalue weighted by Gasteiger charge is 2.49. The fourth-order valence-corrected chi connectivity index (χ4v) is 5.23. The first-order valence-corrected chi connectivity index (χ1v) is 13.1. The number of rotatable bonds is 6. The second-order valence-electron chi connectivity index (χ2n) is 8.98. The van der Waals surface area contributed by atoms with Crippen LogP contribution in [0.25, 0.3) is 0 Å². The van der Waals surface area contributed by atoms with Crippen molar-refractivity contribution in [2.45, 2.75) is 42.3 Å². The van der Waals surface area contributed by atoms with Crippen molar-refractivity contribution < 1.29 is 22.4 Å². The Morgan fingerprint density at radius 3 is 2.62 bits per heavy atom. The maximum Gasteiger partial charge on any atom is 0.257 e. The van der Waals surface area contributed by atoms with Gasteiger partial charge >= 0.3 is 0 Å². The first-order chi connectivity index (χ1) is 16.1. The molecule has 4 atom stereocenters. The zero-order valence-corrected chi connectivity index (χ0v) is 19.7. The molecule has 1 aromatic carbocycles. The number of halogens is 2. The number of fused-ring (bicyclic) bond motifs is 1. The number of nitrogens with zero attached hydrogens (tertiary/aromatic N) is 2. The van der Waals surface area contributed by atoms with Crippen molar-refractivity contribution in [2.24, 2.45) is 11.8 Å². The first kappa shape index (κ1) is 22.8. The van der Waals surface area contributed by atoms with E-state index in [4.69, 9.17) is 11.6 Å². The van der Waals surface area contributed by atoms with Crippen LogP contribution < -0.4 is 5.32 Å². The summed E-state index contributed by atoms with van der Waals surface area (Å²) in [5, 5.41) is 3.03. The minimum absolute atomic E-state index is 0.0100. The molecule has 1 N–H and O–H groups in total. The van der Waals surface area contributed by atoms with E-state index in [-0.39, 0.29) is 33.2 Å². The highest BCUT2D eigenvalue weighted by Crippen LogP contribution is 2.42. The predicted molar refractivity (Wildman–Crippen MR) is 122 cm³/mol. The summed E-state index contributed by atoms with van der Waals surface area (Å²) in [6.45, 7) is 0. The van der Waals surface area contributed by atoms with Crippen LogP contribution in [0.2, 0.25) is 5.02 Å². The number of carbonyl (C=O) groups is 2. The second-order valence-corrected chi connectivity index (χ2v) is 11.4. The molecule has 1 saturated carbocycles. The van der Waals surface area contributed by atoms with Crippen LogP contribution in [0.1, 0.15) is 41.2 Å². The Hall–Kier alpha value is -2.96. The van der Waals surface area contributed by atoms with Crippen molar-refractivity contribution in [1.29, 1.82) is 0 Å². The number of amides is 2. The van der Waals surface area contributed by atoms with E-state index in [1.807, 2.05) is 0 Å². The fraction of sp³-hybridized carbons (Fsp3) is 0.375. The van der Waals surface area contributed by atoms with E-state index in [0.29, 0.717) is 12.0 Å². The van der Waals surface area contributed by atoms with Crippen molar-refractivity contribution >= 4 is 33.3 Å². The highest BCUT2D eigenvalue weighted by atomic mass is 35.5. The highest BCUT2D eigenvalue weighted by molar-refractivity contribution is 7.90. The van der Waals surface area contributed by atoms with Crippen molar-refractivity contribution in [3.8, 4) is 11.8 Å². The zero-order valence-electron chi connectivity index (χ0n) is 18.2. The normalized spacial score (nSPS) is 23.9. The molecule has 2 fully saturated rings. The lowest BCUT2D eigenvalue weighted by molar-refractivity contribution is -0.126. The Bertz CT molecular complexity index is 1370. The lowest BCUT2D eigenvalue weighted by atomic mass is 9.92. The third-order valence-electron chi connectivity index (χ3n) is 6.53. The quantitative estimate of drug-likeness (QED) is 0.614. The number of hydrogen-bond donors (Lipinski definition) is 1. The van der Waals surface area contributed by atoms with Crippen molar-refractivity contribution in [3.05, 3.63) is 58.6 Å². The van der Waals surface area contributed by atoms with Gasteiger partial charge in [0.25, 0.3) is 5.91 Å². The fourth-order valence-electron chi connectivity index (χ4n) is 4.52. The molecule has 7 nitrogen and oxygen atoms in total. The van der Waals surface area contributed by atoms with E-state index < -0.39 is 39.7 Å². The van der Waals surface area contributed by atoms with Gasteiger partial charge in [0.1, 0.15) is 17.9 Å². The molecular formula is C24H21ClFN3O4S. The number of sulfone groups is 1. The molecule has 5 rings (SSSR count). The smallest absolute Gasteiger partial charge is 0.257 e. The number of hydrogen-bond acceptors (Lipinski definition) is 5. The summed E-state index contributed by atoms with van der Waals surface area (Å²) in [7, 11) is -3.56. The number of carbonyl (C=O) groups excluding carboxylic acids is 2. The molecule has 10 heteroatoms. The SMILES string of the molecule is CS(=O)(=O)c1cncc(C(=O)N2[C@@H](C(=O)N[C@@H](c3ccc(Cl)c(F)c3)C3CC3)C[C@H]3C#C[C@H]32)c1. The van der Waals surface area contributed by atoms with Crippen LogP contribution in [0.5, 0.6) is 0 Å². The molecule has 1 aromatic heterocycles. The Morgan fingerprint density at radius 2 is 2.00 bits per heavy atom. The van der Waals surface area contributed by atoms with E-state index in [0.717, 1.165) is 19.1 Å². The van der Waals surface area contributed by atoms with E-state index in [9.17, 15) is 22.4 Å². The van der Waals surface area contributed by atoms with Gasteiger partial charge in [-0.2, -0.15) is 0 Å². The van der Waals surface area contributed by atoms with Crippen LogP contribution >= 0.6 is 11.6 Å². The molecule has 2 heterocycles. The third kappa shape index (κ3) is 4.17. The molecule has 0 spiro atoms. The summed E-state index contributed by atoms with van der Waals surface area (Å²) >= 11 is 5.82. The molecule has 0 bridgehead atoms. The van der Waals surface area contributed by atoms with Gasteiger partial charge in [-0.3, -0.25) is 14.6 Å². The summed E-state index contributed by atoms with van der Waals surface area (Å²) in [6, 6.07) is 4.14. The van der Waals surface area contributed by atoms with Crippen molar-refractivity contribution in [3.63, 3.8) is 0 Å². The summed E-state index contributed by atoms with van der Waals surface area (Å²) in [5.41, 5.74) is 0.700. The van der Waals surface area contributed by atoms with Gasteiger partial charge in [-0.15, -0.1) is 0 Å². The molecule has 0 unspecified atom stereocenters. The molecule has 2 aromatic rings. The maximum atomic E-state index is 14.1. The Balaban J connectivity index is 1.41. The van der Waals surface area contributed by atoms with Gasteiger partial charge in [0, 0.05) is 18.6 Å². The van der Waals surface area contributed by atoms with Crippen molar-refractivity contribution in [2.75, 3.05) is 6.26 Å². The molecule has 1 aliphatic heterocycles. The molecular weight excluding hydrogens is 481 g/mol. The predicted octanol–water partition coefficient (Wildman–Crippen LogP) is 2.76. The van der Waals surface area contributed by atoms with Crippen LogP contribution in [0.3, 0.4) is 0 Å². The largest absolute Gasteiger partial charge is 0.347 e. The Labute approximate surface area is 201 Å². The van der Waals surface area contributed by atoms with Gasteiger partial charge in [-0.05, 0) is 48.9 Å². The second kappa shape index (κ2) is 8.36. The van der Waals surface area contributed by atoms with E-state index in [1.165, 1.54) is 35.5 Å². The summed E-state index contributed by atoms with van der Waals surface area (Å²) in [5.74, 6) is 4.59. The van der Waals surface area contributed by atoms with Gasteiger partial charge < -0.3 is 10.2 Å². The molecule has 0 radical (unpaired) electrons. The average Bonchev–Trinajstić information content (AvgIpc) is 3.58. The minimum atomic E-state index is -3.56. The van der Waals surface area contributed by atoms with Crippen molar-refractivity contribution in [1.82, 2.24) is 15.2 Å². The topological polar surface area (TPSA) is 96.4 Å². The monoisotopic (exact) mass is 501 g/mol. The van der Waals surface area contributed by atoms with Gasteiger partial charge in [-0.1, -0.05) is 29.5 Å². The lowest BCUT2D eigenvalue weighted by Gasteiger charge is -2.30.